The third-order valence-corrected chi connectivity index (χ3v) is 7.23. The fraction of sp³-hybridized carbons (Fsp3) is 0.273. The number of methoxy groups -OCH3 is 1. The van der Waals surface area contributed by atoms with Crippen molar-refractivity contribution in [3.63, 3.8) is 0 Å². The van der Waals surface area contributed by atoms with Gasteiger partial charge >= 0.3 is 0 Å². The summed E-state index contributed by atoms with van der Waals surface area (Å²) in [6.45, 7) is 3.08. The highest BCUT2D eigenvalue weighted by Crippen LogP contribution is 2.29. The molecule has 0 radical (unpaired) electrons. The Bertz CT molecular complexity index is 1000. The van der Waals surface area contributed by atoms with Crippen LogP contribution in [0.3, 0.4) is 0 Å². The number of rotatable bonds is 6. The summed E-state index contributed by atoms with van der Waals surface area (Å²) in [5, 5.41) is 2.76. The summed E-state index contributed by atoms with van der Waals surface area (Å²) in [5.74, 6) is 1.39. The second-order valence-electron chi connectivity index (χ2n) is 6.86. The van der Waals surface area contributed by atoms with E-state index >= 15 is 0 Å². The van der Waals surface area contributed by atoms with E-state index in [0.29, 0.717) is 5.75 Å². The predicted molar refractivity (Wildman–Crippen MR) is 125 cm³/mol. The quantitative estimate of drug-likeness (QED) is 0.490. The molecule has 2 aromatic carbocycles. The molecule has 2 heterocycles. The van der Waals surface area contributed by atoms with Crippen molar-refractivity contribution in [2.45, 2.75) is 4.34 Å². The summed E-state index contributed by atoms with van der Waals surface area (Å²) in [6, 6.07) is 15.7. The van der Waals surface area contributed by atoms with Gasteiger partial charge in [-0.05, 0) is 42.5 Å². The number of amides is 1. The number of thiazole rings is 1. The molecular weight excluding hydrogens is 438 g/mol. The lowest BCUT2D eigenvalue weighted by Gasteiger charge is -2.36. The highest BCUT2D eigenvalue weighted by Gasteiger charge is 2.21. The monoisotopic (exact) mass is 459 g/mol. The number of anilines is 1. The summed E-state index contributed by atoms with van der Waals surface area (Å²) in [6.07, 6.45) is 0. The smallest absolute Gasteiger partial charge is 0.233 e. The van der Waals surface area contributed by atoms with Gasteiger partial charge in [0.05, 0.1) is 18.6 Å². The average Bonchev–Trinajstić information content (AvgIpc) is 3.27. The number of hydrogen-bond donors (Lipinski definition) is 0. The normalized spacial score (nSPS) is 14.1. The van der Waals surface area contributed by atoms with Crippen LogP contribution >= 0.6 is 34.7 Å². The minimum Gasteiger partial charge on any atom is -0.497 e. The Morgan fingerprint density at radius 2 is 1.93 bits per heavy atom. The zero-order valence-corrected chi connectivity index (χ0v) is 19.0. The first-order chi connectivity index (χ1) is 14.6. The van der Waals surface area contributed by atoms with E-state index in [1.807, 2.05) is 52.7 Å². The number of ether oxygens (including phenoxy) is 1. The molecule has 0 N–H and O–H groups in total. The van der Waals surface area contributed by atoms with E-state index in [9.17, 15) is 4.79 Å². The number of piperazine rings is 1. The summed E-state index contributed by atoms with van der Waals surface area (Å²) in [4.78, 5) is 21.5. The number of benzene rings is 2. The van der Waals surface area contributed by atoms with E-state index in [2.05, 4.69) is 16.0 Å². The van der Waals surface area contributed by atoms with Crippen LogP contribution in [0.5, 0.6) is 5.75 Å². The Morgan fingerprint density at radius 3 is 2.63 bits per heavy atom. The number of carbonyl (C=O) groups is 1. The molecule has 1 aromatic heterocycles. The van der Waals surface area contributed by atoms with Crippen molar-refractivity contribution in [1.82, 2.24) is 9.88 Å². The number of carbonyl (C=O) groups excluding carboxylic acids is 1. The number of nitrogens with zero attached hydrogens (tertiary/aromatic N) is 3. The van der Waals surface area contributed by atoms with Crippen LogP contribution < -0.4 is 9.64 Å². The van der Waals surface area contributed by atoms with Crippen molar-refractivity contribution in [1.29, 1.82) is 0 Å². The zero-order chi connectivity index (χ0) is 20.9. The molecule has 8 heteroatoms. The summed E-state index contributed by atoms with van der Waals surface area (Å²) < 4.78 is 6.11. The molecule has 3 aromatic rings. The summed E-state index contributed by atoms with van der Waals surface area (Å²) in [5.41, 5.74) is 3.08. The van der Waals surface area contributed by atoms with Crippen LogP contribution in [0.1, 0.15) is 0 Å². The molecule has 1 fully saturated rings. The standard InChI is InChI=1S/C22H22ClN3O2S2/c1-28-19-7-5-16(6-8-19)20-14-29-22(24-20)30-15-21(27)26-11-9-25(10-12-26)18-4-2-3-17(23)13-18/h2-8,13-14H,9-12,15H2,1H3. The molecule has 1 aliphatic rings. The van der Waals surface area contributed by atoms with Crippen LogP contribution in [-0.4, -0.2) is 54.8 Å². The molecule has 0 bridgehead atoms. The minimum absolute atomic E-state index is 0.159. The number of thioether (sulfide) groups is 1. The molecule has 4 rings (SSSR count). The van der Waals surface area contributed by atoms with Gasteiger partial charge in [-0.15, -0.1) is 11.3 Å². The molecule has 156 valence electrons. The van der Waals surface area contributed by atoms with Gasteiger partial charge in [0, 0.05) is 47.8 Å². The van der Waals surface area contributed by atoms with Crippen molar-refractivity contribution >= 4 is 46.3 Å². The fourth-order valence-electron chi connectivity index (χ4n) is 3.32. The van der Waals surface area contributed by atoms with E-state index in [4.69, 9.17) is 16.3 Å². The first kappa shape index (κ1) is 21.0. The van der Waals surface area contributed by atoms with Gasteiger partial charge in [0.25, 0.3) is 0 Å². The van der Waals surface area contributed by atoms with Gasteiger partial charge in [-0.25, -0.2) is 4.98 Å². The number of aromatic nitrogens is 1. The Morgan fingerprint density at radius 1 is 1.17 bits per heavy atom. The fourth-order valence-corrected chi connectivity index (χ4v) is 5.24. The zero-order valence-electron chi connectivity index (χ0n) is 16.6. The Labute approximate surface area is 189 Å². The van der Waals surface area contributed by atoms with Crippen LogP contribution in [0.2, 0.25) is 5.02 Å². The lowest BCUT2D eigenvalue weighted by molar-refractivity contribution is -0.128. The molecular formula is C22H22ClN3O2S2. The summed E-state index contributed by atoms with van der Waals surface area (Å²) >= 11 is 9.17. The molecule has 0 aliphatic carbocycles. The van der Waals surface area contributed by atoms with Gasteiger partial charge in [-0.2, -0.15) is 0 Å². The molecule has 0 spiro atoms. The second kappa shape index (κ2) is 9.73. The molecule has 0 unspecified atom stereocenters. The van der Waals surface area contributed by atoms with Crippen molar-refractivity contribution in [2.75, 3.05) is 43.9 Å². The first-order valence-corrected chi connectivity index (χ1v) is 11.9. The maximum absolute atomic E-state index is 12.6. The van der Waals surface area contributed by atoms with Crippen molar-refractivity contribution in [3.05, 3.63) is 58.9 Å². The second-order valence-corrected chi connectivity index (χ2v) is 9.38. The Balaban J connectivity index is 1.27. The van der Waals surface area contributed by atoms with Crippen molar-refractivity contribution in [3.8, 4) is 17.0 Å². The lowest BCUT2D eigenvalue weighted by Crippen LogP contribution is -2.49. The third kappa shape index (κ3) is 5.09. The molecule has 1 saturated heterocycles. The van der Waals surface area contributed by atoms with Gasteiger partial charge in [0.15, 0.2) is 4.34 Å². The van der Waals surface area contributed by atoms with Crippen LogP contribution in [0.25, 0.3) is 11.3 Å². The Hall–Kier alpha value is -2.22. The van der Waals surface area contributed by atoms with E-state index in [1.165, 1.54) is 11.8 Å². The highest BCUT2D eigenvalue weighted by atomic mass is 35.5. The average molecular weight is 460 g/mol. The van der Waals surface area contributed by atoms with Crippen LogP contribution in [0, 0.1) is 0 Å². The van der Waals surface area contributed by atoms with Gasteiger partial charge < -0.3 is 14.5 Å². The molecule has 30 heavy (non-hydrogen) atoms. The van der Waals surface area contributed by atoms with E-state index in [-0.39, 0.29) is 5.91 Å². The van der Waals surface area contributed by atoms with E-state index < -0.39 is 0 Å². The lowest BCUT2D eigenvalue weighted by atomic mass is 10.2. The van der Waals surface area contributed by atoms with Crippen LogP contribution in [0.4, 0.5) is 5.69 Å². The van der Waals surface area contributed by atoms with Crippen molar-refractivity contribution < 1.29 is 9.53 Å². The molecule has 0 atom stereocenters. The predicted octanol–water partition coefficient (Wildman–Crippen LogP) is 4.91. The van der Waals surface area contributed by atoms with Gasteiger partial charge in [0.1, 0.15) is 5.75 Å². The number of halogens is 1. The molecule has 0 saturated carbocycles. The van der Waals surface area contributed by atoms with Gasteiger partial charge in [-0.3, -0.25) is 4.79 Å². The maximum atomic E-state index is 12.6. The maximum Gasteiger partial charge on any atom is 0.233 e. The van der Waals surface area contributed by atoms with E-state index in [1.54, 1.807) is 18.4 Å². The number of hydrogen-bond acceptors (Lipinski definition) is 6. The van der Waals surface area contributed by atoms with Crippen LogP contribution in [-0.2, 0) is 4.79 Å². The third-order valence-electron chi connectivity index (χ3n) is 4.99. The SMILES string of the molecule is COc1ccc(-c2csc(SCC(=O)N3CCN(c4cccc(Cl)c4)CC3)n2)cc1. The van der Waals surface area contributed by atoms with Crippen LogP contribution in [0.15, 0.2) is 58.3 Å². The molecule has 5 nitrogen and oxygen atoms in total. The molecule has 1 aliphatic heterocycles. The molecule has 1 amide bonds. The summed E-state index contributed by atoms with van der Waals surface area (Å²) in [7, 11) is 1.65. The van der Waals surface area contributed by atoms with Crippen molar-refractivity contribution in [2.24, 2.45) is 0 Å². The first-order valence-electron chi connectivity index (χ1n) is 9.63. The topological polar surface area (TPSA) is 45.7 Å². The van der Waals surface area contributed by atoms with Gasteiger partial charge in [0.2, 0.25) is 5.91 Å². The van der Waals surface area contributed by atoms with Gasteiger partial charge in [-0.1, -0.05) is 29.4 Å². The largest absolute Gasteiger partial charge is 0.497 e. The highest BCUT2D eigenvalue weighted by molar-refractivity contribution is 8.01. The minimum atomic E-state index is 0.159. The van der Waals surface area contributed by atoms with E-state index in [0.717, 1.165) is 58.2 Å². The Kier molecular flexibility index (Phi) is 6.82.